The lowest BCUT2D eigenvalue weighted by Gasteiger charge is -2.23. The fourth-order valence-corrected chi connectivity index (χ4v) is 5.12. The summed E-state index contributed by atoms with van der Waals surface area (Å²) in [6, 6.07) is 3.22. The molecular formula is C24H27N3O6S. The van der Waals surface area contributed by atoms with Crippen molar-refractivity contribution in [3.8, 4) is 5.75 Å². The second-order valence-electron chi connectivity index (χ2n) is 8.30. The van der Waals surface area contributed by atoms with Crippen molar-refractivity contribution in [2.24, 2.45) is 5.92 Å². The summed E-state index contributed by atoms with van der Waals surface area (Å²) >= 11 is 1.53. The maximum atomic E-state index is 13.2. The first-order valence-corrected chi connectivity index (χ1v) is 12.0. The molecule has 0 spiro atoms. The molecule has 4 heterocycles. The molecule has 0 aromatic carbocycles. The molecule has 0 unspecified atom stereocenters. The molecule has 1 saturated heterocycles. The fourth-order valence-electron chi connectivity index (χ4n) is 4.47. The van der Waals surface area contributed by atoms with Gasteiger partial charge < -0.3 is 23.8 Å². The normalized spacial score (nSPS) is 17.8. The smallest absolute Gasteiger partial charge is 0.343 e. The lowest BCUT2D eigenvalue weighted by Crippen LogP contribution is -2.39. The van der Waals surface area contributed by atoms with Gasteiger partial charge in [0.15, 0.2) is 0 Å². The van der Waals surface area contributed by atoms with Crippen molar-refractivity contribution in [2.75, 3.05) is 33.3 Å². The summed E-state index contributed by atoms with van der Waals surface area (Å²) in [5.74, 6) is -1.02. The van der Waals surface area contributed by atoms with Crippen molar-refractivity contribution < 1.29 is 23.9 Å². The molecule has 2 aliphatic heterocycles. The molecule has 4 rings (SSSR count). The summed E-state index contributed by atoms with van der Waals surface area (Å²) < 4.78 is 12.4. The number of aromatic nitrogens is 1. The highest BCUT2D eigenvalue weighted by molar-refractivity contribution is 7.07. The first-order chi connectivity index (χ1) is 16.4. The molecule has 1 atom stereocenters. The van der Waals surface area contributed by atoms with E-state index in [2.05, 4.69) is 6.58 Å². The van der Waals surface area contributed by atoms with Crippen molar-refractivity contribution >= 4 is 29.1 Å². The zero-order chi connectivity index (χ0) is 24.2. The van der Waals surface area contributed by atoms with Gasteiger partial charge in [0.1, 0.15) is 17.9 Å². The lowest BCUT2D eigenvalue weighted by molar-refractivity contribution is -0.135. The lowest BCUT2D eigenvalue weighted by atomic mass is 10.1. The van der Waals surface area contributed by atoms with Gasteiger partial charge in [-0.15, -0.1) is 6.58 Å². The number of methoxy groups -OCH3 is 1. The summed E-state index contributed by atoms with van der Waals surface area (Å²) in [6.07, 6.45) is 2.11. The molecule has 0 saturated carbocycles. The van der Waals surface area contributed by atoms with Gasteiger partial charge in [-0.25, -0.2) is 4.79 Å². The molecule has 2 aromatic heterocycles. The summed E-state index contributed by atoms with van der Waals surface area (Å²) in [4.78, 5) is 54.3. The van der Waals surface area contributed by atoms with E-state index in [4.69, 9.17) is 9.47 Å². The molecule has 1 fully saturated rings. The van der Waals surface area contributed by atoms with E-state index < -0.39 is 11.9 Å². The first kappa shape index (κ1) is 23.7. The zero-order valence-electron chi connectivity index (χ0n) is 19.0. The molecule has 9 nitrogen and oxygen atoms in total. The summed E-state index contributed by atoms with van der Waals surface area (Å²) in [5, 5.41) is 3.85. The van der Waals surface area contributed by atoms with E-state index in [0.717, 1.165) is 5.56 Å². The van der Waals surface area contributed by atoms with Crippen LogP contribution in [0.25, 0.3) is 0 Å². The number of ether oxygens (including phenoxy) is 2. The number of carbonyl (C=O) groups is 3. The number of pyridine rings is 1. The Hall–Kier alpha value is -3.40. The summed E-state index contributed by atoms with van der Waals surface area (Å²) in [7, 11) is 1.28. The largest absolute Gasteiger partial charge is 0.488 e. The average molecular weight is 486 g/mol. The molecule has 0 bridgehead atoms. The van der Waals surface area contributed by atoms with Gasteiger partial charge in [0.05, 0.1) is 13.0 Å². The fraction of sp³-hybridized carbons (Fsp3) is 0.417. The molecule has 180 valence electrons. The number of hydrogen-bond acceptors (Lipinski definition) is 7. The van der Waals surface area contributed by atoms with Gasteiger partial charge in [0.2, 0.25) is 11.8 Å². The van der Waals surface area contributed by atoms with Crippen LogP contribution in [-0.2, 0) is 33.9 Å². The predicted octanol–water partition coefficient (Wildman–Crippen LogP) is 1.69. The average Bonchev–Trinajstić information content (AvgIpc) is 3.41. The van der Waals surface area contributed by atoms with Crippen LogP contribution in [0.1, 0.15) is 28.0 Å². The highest BCUT2D eigenvalue weighted by Crippen LogP contribution is 2.26. The third kappa shape index (κ3) is 4.77. The van der Waals surface area contributed by atoms with Crippen LogP contribution >= 0.6 is 11.3 Å². The number of thiophene rings is 1. The van der Waals surface area contributed by atoms with Crippen molar-refractivity contribution in [1.82, 2.24) is 14.4 Å². The van der Waals surface area contributed by atoms with Gasteiger partial charge in [0, 0.05) is 57.3 Å². The Balaban J connectivity index is 1.56. The van der Waals surface area contributed by atoms with Gasteiger partial charge in [-0.3, -0.25) is 14.4 Å². The number of nitrogens with zero attached hydrogens (tertiary/aromatic N) is 3. The van der Waals surface area contributed by atoms with Crippen LogP contribution in [-0.4, -0.2) is 65.4 Å². The number of esters is 1. The van der Waals surface area contributed by atoms with Crippen LogP contribution in [0.3, 0.4) is 0 Å². The van der Waals surface area contributed by atoms with Crippen LogP contribution in [0.2, 0.25) is 0 Å². The minimum Gasteiger partial charge on any atom is -0.488 e. The molecule has 2 amide bonds. The van der Waals surface area contributed by atoms with E-state index in [1.807, 2.05) is 16.8 Å². The Morgan fingerprint density at radius 2 is 2.09 bits per heavy atom. The Morgan fingerprint density at radius 3 is 2.79 bits per heavy atom. The molecular weight excluding hydrogens is 458 g/mol. The second-order valence-corrected chi connectivity index (χ2v) is 9.08. The van der Waals surface area contributed by atoms with Crippen molar-refractivity contribution in [3.63, 3.8) is 0 Å². The number of amides is 2. The monoisotopic (exact) mass is 485 g/mol. The van der Waals surface area contributed by atoms with E-state index in [1.165, 1.54) is 29.1 Å². The predicted molar refractivity (Wildman–Crippen MR) is 126 cm³/mol. The molecule has 0 N–H and O–H groups in total. The Bertz CT molecular complexity index is 1160. The van der Waals surface area contributed by atoms with Crippen molar-refractivity contribution in [3.05, 3.63) is 62.7 Å². The number of likely N-dealkylation sites (tertiary alicyclic amines) is 1. The molecule has 2 aromatic rings. The zero-order valence-corrected chi connectivity index (χ0v) is 19.8. The standard InChI is InChI=1S/C24H27N3O6S/c1-3-6-26-13-17(11-20(26)28)23(30)25-7-4-18-22(24(31)32-2)19(12-21(29)27(18)9-8-25)33-14-16-5-10-34-15-16/h3,5,10,12,15,17H,1,4,6-9,11,13-14H2,2H3/t17-/m0/s1. The van der Waals surface area contributed by atoms with Crippen molar-refractivity contribution in [2.45, 2.75) is 26.0 Å². The molecule has 10 heteroatoms. The highest BCUT2D eigenvalue weighted by Gasteiger charge is 2.37. The maximum Gasteiger partial charge on any atom is 0.343 e. The minimum atomic E-state index is -0.592. The quantitative estimate of drug-likeness (QED) is 0.437. The van der Waals surface area contributed by atoms with Gasteiger partial charge in [-0.05, 0) is 22.4 Å². The minimum absolute atomic E-state index is 0.0621. The Labute approximate surface area is 201 Å². The van der Waals surface area contributed by atoms with E-state index >= 15 is 0 Å². The highest BCUT2D eigenvalue weighted by atomic mass is 32.1. The topological polar surface area (TPSA) is 98.2 Å². The maximum absolute atomic E-state index is 13.2. The molecule has 34 heavy (non-hydrogen) atoms. The Kier molecular flexibility index (Phi) is 7.16. The van der Waals surface area contributed by atoms with Gasteiger partial charge >= 0.3 is 5.97 Å². The van der Waals surface area contributed by atoms with E-state index in [1.54, 1.807) is 15.9 Å². The van der Waals surface area contributed by atoms with E-state index in [9.17, 15) is 19.2 Å². The second kappa shape index (κ2) is 10.3. The van der Waals surface area contributed by atoms with E-state index in [-0.39, 0.29) is 54.7 Å². The van der Waals surface area contributed by atoms with Crippen LogP contribution in [0.4, 0.5) is 0 Å². The number of carbonyl (C=O) groups excluding carboxylic acids is 3. The van der Waals surface area contributed by atoms with Crippen LogP contribution < -0.4 is 10.3 Å². The molecule has 0 radical (unpaired) electrons. The van der Waals surface area contributed by atoms with Gasteiger partial charge in [-0.1, -0.05) is 6.08 Å². The van der Waals surface area contributed by atoms with Crippen molar-refractivity contribution in [1.29, 1.82) is 0 Å². The van der Waals surface area contributed by atoms with Crippen LogP contribution in [0.15, 0.2) is 40.3 Å². The van der Waals surface area contributed by atoms with Gasteiger partial charge in [-0.2, -0.15) is 11.3 Å². The van der Waals surface area contributed by atoms with E-state index in [0.29, 0.717) is 31.9 Å². The summed E-state index contributed by atoms with van der Waals surface area (Å²) in [6.45, 7) is 5.53. The number of fused-ring (bicyclic) bond motifs is 1. The third-order valence-electron chi connectivity index (χ3n) is 6.18. The SMILES string of the molecule is C=CCN1C[C@@H](C(=O)N2CCc3c(C(=O)OC)c(OCc4ccsc4)cc(=O)n3CC2)CC1=O. The molecule has 0 aliphatic carbocycles. The first-order valence-electron chi connectivity index (χ1n) is 11.1. The van der Waals surface area contributed by atoms with Crippen LogP contribution in [0.5, 0.6) is 5.75 Å². The Morgan fingerprint density at radius 1 is 1.26 bits per heavy atom. The van der Waals surface area contributed by atoms with Gasteiger partial charge in [0.25, 0.3) is 5.56 Å². The third-order valence-corrected chi connectivity index (χ3v) is 6.91. The number of rotatable bonds is 7. The number of hydrogen-bond donors (Lipinski definition) is 0. The molecule has 2 aliphatic rings. The van der Waals surface area contributed by atoms with Crippen LogP contribution in [0, 0.1) is 5.92 Å². The summed E-state index contributed by atoms with van der Waals surface area (Å²) in [5.41, 5.74) is 1.33.